The number of carbonyl (C=O) groups excluding carboxylic acids is 1. The third-order valence-corrected chi connectivity index (χ3v) is 2.58. The first kappa shape index (κ1) is 14.4. The molecule has 0 saturated heterocycles. The maximum Gasteiger partial charge on any atom is 0.254 e. The summed E-state index contributed by atoms with van der Waals surface area (Å²) in [4.78, 5) is 11.8. The minimum Gasteiger partial charge on any atom is -0.396 e. The standard InChI is InChI=1S/C11H15FN2O4/c12-8-3-1-2-7(9(8)13)10(18)14-11(4-15,5-16)6-17/h1-3,15-17H,4-6,13H2,(H,14,18). The fourth-order valence-electron chi connectivity index (χ4n) is 1.31. The van der Waals surface area contributed by atoms with Crippen molar-refractivity contribution in [3.63, 3.8) is 0 Å². The van der Waals surface area contributed by atoms with Crippen LogP contribution in [0.4, 0.5) is 10.1 Å². The van der Waals surface area contributed by atoms with Gasteiger partial charge in [-0.3, -0.25) is 4.79 Å². The van der Waals surface area contributed by atoms with Crippen LogP contribution in [-0.4, -0.2) is 46.6 Å². The lowest BCUT2D eigenvalue weighted by Gasteiger charge is -2.28. The topological polar surface area (TPSA) is 116 Å². The summed E-state index contributed by atoms with van der Waals surface area (Å²) in [6.07, 6.45) is 0. The van der Waals surface area contributed by atoms with E-state index in [0.29, 0.717) is 0 Å². The average Bonchev–Trinajstić information content (AvgIpc) is 2.39. The molecular formula is C11H15FN2O4. The molecule has 0 spiro atoms. The Labute approximate surface area is 103 Å². The van der Waals surface area contributed by atoms with Crippen molar-refractivity contribution >= 4 is 11.6 Å². The van der Waals surface area contributed by atoms with Crippen LogP contribution in [0.3, 0.4) is 0 Å². The number of aliphatic hydroxyl groups excluding tert-OH is 3. The van der Waals surface area contributed by atoms with Gasteiger partial charge in [0.15, 0.2) is 0 Å². The SMILES string of the molecule is Nc1c(F)cccc1C(=O)NC(CO)(CO)CO. The highest BCUT2D eigenvalue weighted by atomic mass is 19.1. The summed E-state index contributed by atoms with van der Waals surface area (Å²) in [5.74, 6) is -1.53. The van der Waals surface area contributed by atoms with E-state index in [2.05, 4.69) is 5.32 Å². The van der Waals surface area contributed by atoms with E-state index in [9.17, 15) is 9.18 Å². The lowest BCUT2D eigenvalue weighted by Crippen LogP contribution is -2.57. The van der Waals surface area contributed by atoms with Gasteiger partial charge >= 0.3 is 0 Å². The van der Waals surface area contributed by atoms with Gasteiger partial charge in [0, 0.05) is 0 Å². The van der Waals surface area contributed by atoms with Crippen molar-refractivity contribution in [1.29, 1.82) is 0 Å². The zero-order valence-electron chi connectivity index (χ0n) is 9.56. The molecule has 1 aromatic carbocycles. The van der Waals surface area contributed by atoms with Gasteiger partial charge < -0.3 is 26.4 Å². The predicted molar refractivity (Wildman–Crippen MR) is 62.3 cm³/mol. The Bertz CT molecular complexity index is 427. The highest BCUT2D eigenvalue weighted by Crippen LogP contribution is 2.16. The Morgan fingerprint density at radius 3 is 2.33 bits per heavy atom. The van der Waals surface area contributed by atoms with Crippen LogP contribution in [0.15, 0.2) is 18.2 Å². The van der Waals surface area contributed by atoms with E-state index >= 15 is 0 Å². The summed E-state index contributed by atoms with van der Waals surface area (Å²) in [5.41, 5.74) is 3.36. The maximum absolute atomic E-state index is 13.2. The summed E-state index contributed by atoms with van der Waals surface area (Å²) in [7, 11) is 0. The number of halogens is 1. The Morgan fingerprint density at radius 1 is 1.28 bits per heavy atom. The third kappa shape index (κ3) is 2.76. The van der Waals surface area contributed by atoms with Gasteiger partial charge in [0.25, 0.3) is 5.91 Å². The van der Waals surface area contributed by atoms with Gasteiger partial charge in [0.1, 0.15) is 11.4 Å². The van der Waals surface area contributed by atoms with E-state index in [0.717, 1.165) is 6.07 Å². The van der Waals surface area contributed by atoms with Crippen LogP contribution in [0.25, 0.3) is 0 Å². The molecule has 0 unspecified atom stereocenters. The normalized spacial score (nSPS) is 11.3. The molecule has 1 rings (SSSR count). The van der Waals surface area contributed by atoms with Gasteiger partial charge in [-0.1, -0.05) is 6.07 Å². The lowest BCUT2D eigenvalue weighted by molar-refractivity contribution is 0.0375. The summed E-state index contributed by atoms with van der Waals surface area (Å²) < 4.78 is 13.2. The molecule has 0 saturated carbocycles. The fraction of sp³-hybridized carbons (Fsp3) is 0.364. The number of rotatable bonds is 5. The summed E-state index contributed by atoms with van der Waals surface area (Å²) in [5, 5.41) is 29.4. The quantitative estimate of drug-likeness (QED) is 0.428. The van der Waals surface area contributed by atoms with Gasteiger partial charge in [0.2, 0.25) is 0 Å². The zero-order chi connectivity index (χ0) is 13.8. The minimum atomic E-state index is -1.57. The van der Waals surface area contributed by atoms with Crippen LogP contribution in [0, 0.1) is 5.82 Å². The summed E-state index contributed by atoms with van der Waals surface area (Å²) in [6, 6.07) is 3.70. The maximum atomic E-state index is 13.2. The van der Waals surface area contributed by atoms with E-state index in [1.807, 2.05) is 0 Å². The van der Waals surface area contributed by atoms with Crippen LogP contribution in [0.2, 0.25) is 0 Å². The first-order valence-electron chi connectivity index (χ1n) is 5.19. The number of nitrogens with one attached hydrogen (secondary N) is 1. The number of nitrogen functional groups attached to an aromatic ring is 1. The number of carbonyl (C=O) groups is 1. The Balaban J connectivity index is 2.98. The van der Waals surface area contributed by atoms with Crippen LogP contribution in [0.5, 0.6) is 0 Å². The van der Waals surface area contributed by atoms with Crippen molar-refractivity contribution in [3.05, 3.63) is 29.6 Å². The predicted octanol–water partition coefficient (Wildman–Crippen LogP) is -1.15. The molecule has 100 valence electrons. The molecule has 0 aliphatic rings. The second-order valence-electron chi connectivity index (χ2n) is 3.91. The number of aliphatic hydroxyl groups is 3. The largest absolute Gasteiger partial charge is 0.396 e. The molecular weight excluding hydrogens is 243 g/mol. The van der Waals surface area contributed by atoms with E-state index < -0.39 is 37.1 Å². The second kappa shape index (κ2) is 5.76. The minimum absolute atomic E-state index is 0.130. The van der Waals surface area contributed by atoms with E-state index in [1.165, 1.54) is 12.1 Å². The molecule has 0 atom stereocenters. The molecule has 6 N–H and O–H groups in total. The van der Waals surface area contributed by atoms with E-state index in [1.54, 1.807) is 0 Å². The van der Waals surface area contributed by atoms with E-state index in [4.69, 9.17) is 21.1 Å². The van der Waals surface area contributed by atoms with Crippen LogP contribution < -0.4 is 11.1 Å². The van der Waals surface area contributed by atoms with E-state index in [-0.39, 0.29) is 11.3 Å². The molecule has 0 radical (unpaired) electrons. The fourth-order valence-corrected chi connectivity index (χ4v) is 1.31. The van der Waals surface area contributed by atoms with Crippen molar-refractivity contribution < 1.29 is 24.5 Å². The molecule has 0 bridgehead atoms. The van der Waals surface area contributed by atoms with Gasteiger partial charge in [0.05, 0.1) is 31.1 Å². The molecule has 0 aromatic heterocycles. The lowest BCUT2D eigenvalue weighted by atomic mass is 10.0. The number of amides is 1. The molecule has 1 amide bonds. The Hall–Kier alpha value is -1.70. The van der Waals surface area contributed by atoms with Gasteiger partial charge in [-0.05, 0) is 12.1 Å². The number of anilines is 1. The number of benzene rings is 1. The van der Waals surface area contributed by atoms with Gasteiger partial charge in [-0.15, -0.1) is 0 Å². The zero-order valence-corrected chi connectivity index (χ0v) is 9.56. The first-order chi connectivity index (χ1) is 8.49. The molecule has 0 heterocycles. The van der Waals surface area contributed by atoms with Crippen molar-refractivity contribution in [1.82, 2.24) is 5.32 Å². The number of hydrogen-bond donors (Lipinski definition) is 5. The van der Waals surface area contributed by atoms with Crippen molar-refractivity contribution in [3.8, 4) is 0 Å². The van der Waals surface area contributed by atoms with Crippen molar-refractivity contribution in [2.75, 3.05) is 25.6 Å². The molecule has 7 heteroatoms. The molecule has 0 aliphatic heterocycles. The van der Waals surface area contributed by atoms with Crippen molar-refractivity contribution in [2.45, 2.75) is 5.54 Å². The number of para-hydroxylation sites is 1. The molecule has 6 nitrogen and oxygen atoms in total. The smallest absolute Gasteiger partial charge is 0.254 e. The molecule has 1 aromatic rings. The monoisotopic (exact) mass is 258 g/mol. The molecule has 18 heavy (non-hydrogen) atoms. The highest BCUT2D eigenvalue weighted by Gasteiger charge is 2.31. The molecule has 0 aliphatic carbocycles. The van der Waals surface area contributed by atoms with Gasteiger partial charge in [-0.2, -0.15) is 0 Å². The van der Waals surface area contributed by atoms with Crippen molar-refractivity contribution in [2.24, 2.45) is 0 Å². The summed E-state index contributed by atoms with van der Waals surface area (Å²) in [6.45, 7) is -2.00. The third-order valence-electron chi connectivity index (χ3n) is 2.58. The second-order valence-corrected chi connectivity index (χ2v) is 3.91. The Morgan fingerprint density at radius 2 is 1.83 bits per heavy atom. The van der Waals surface area contributed by atoms with Gasteiger partial charge in [-0.25, -0.2) is 4.39 Å². The van der Waals surface area contributed by atoms with Crippen LogP contribution in [0.1, 0.15) is 10.4 Å². The summed E-state index contributed by atoms with van der Waals surface area (Å²) >= 11 is 0. The Kier molecular flexibility index (Phi) is 4.60. The molecule has 0 fully saturated rings. The number of nitrogens with two attached hydrogens (primary N) is 1. The van der Waals surface area contributed by atoms with Crippen LogP contribution >= 0.6 is 0 Å². The van der Waals surface area contributed by atoms with Crippen LogP contribution in [-0.2, 0) is 0 Å². The number of hydrogen-bond acceptors (Lipinski definition) is 5. The highest BCUT2D eigenvalue weighted by molar-refractivity contribution is 5.99. The first-order valence-corrected chi connectivity index (χ1v) is 5.19. The average molecular weight is 258 g/mol.